The molecule has 0 unspecified atom stereocenters. The Morgan fingerprint density at radius 1 is 1.05 bits per heavy atom. The van der Waals surface area contributed by atoms with Crippen LogP contribution in [0.25, 0.3) is 0 Å². The van der Waals surface area contributed by atoms with Gasteiger partial charge in [-0.1, -0.05) is 6.92 Å². The van der Waals surface area contributed by atoms with Gasteiger partial charge in [0.1, 0.15) is 0 Å². The molecule has 120 valence electrons. The molecule has 1 aromatic heterocycles. The lowest BCUT2D eigenvalue weighted by Crippen LogP contribution is -2.35. The highest BCUT2D eigenvalue weighted by Crippen LogP contribution is 2.09. The summed E-state index contributed by atoms with van der Waals surface area (Å²) in [5, 5.41) is 3.45. The maximum Gasteiger partial charge on any atom is 0.225 e. The minimum atomic E-state index is 0.110. The Bertz CT molecular complexity index is 394. The Morgan fingerprint density at radius 2 is 1.67 bits per heavy atom. The molecule has 5 nitrogen and oxygen atoms in total. The van der Waals surface area contributed by atoms with Crippen LogP contribution in [0.4, 0.5) is 5.95 Å². The molecule has 5 heteroatoms. The summed E-state index contributed by atoms with van der Waals surface area (Å²) in [5.74, 6) is 0.832. The van der Waals surface area contributed by atoms with Crippen molar-refractivity contribution in [3.63, 3.8) is 0 Å². The molecule has 1 N–H and O–H groups in total. The quantitative estimate of drug-likeness (QED) is 0.795. The lowest BCUT2D eigenvalue weighted by molar-refractivity contribution is 0.411. The van der Waals surface area contributed by atoms with Crippen molar-refractivity contribution < 1.29 is 0 Å². The number of nitrogens with one attached hydrogen (secondary N) is 1. The van der Waals surface area contributed by atoms with Crippen LogP contribution in [-0.2, 0) is 6.54 Å². The summed E-state index contributed by atoms with van der Waals surface area (Å²) in [4.78, 5) is 13.5. The van der Waals surface area contributed by atoms with E-state index in [-0.39, 0.29) is 5.54 Å². The van der Waals surface area contributed by atoms with Gasteiger partial charge in [-0.05, 0) is 41.3 Å². The van der Waals surface area contributed by atoms with Gasteiger partial charge >= 0.3 is 0 Å². The van der Waals surface area contributed by atoms with Crippen molar-refractivity contribution in [1.29, 1.82) is 0 Å². The number of aromatic nitrogens is 2. The van der Waals surface area contributed by atoms with Gasteiger partial charge in [0.15, 0.2) is 0 Å². The molecule has 0 spiro atoms. The Morgan fingerprint density at radius 3 is 2.14 bits per heavy atom. The normalized spacial score (nSPS) is 12.0. The number of nitrogens with zero attached hydrogens (tertiary/aromatic N) is 4. The molecule has 0 amide bonds. The van der Waals surface area contributed by atoms with E-state index in [0.717, 1.165) is 44.1 Å². The van der Waals surface area contributed by atoms with Crippen molar-refractivity contribution in [2.75, 3.05) is 38.6 Å². The number of rotatable bonds is 8. The van der Waals surface area contributed by atoms with E-state index in [2.05, 4.69) is 66.9 Å². The summed E-state index contributed by atoms with van der Waals surface area (Å²) >= 11 is 0. The first-order valence-corrected chi connectivity index (χ1v) is 7.77. The van der Waals surface area contributed by atoms with Crippen molar-refractivity contribution in [1.82, 2.24) is 20.2 Å². The monoisotopic (exact) mass is 293 g/mol. The van der Waals surface area contributed by atoms with Gasteiger partial charge in [-0.15, -0.1) is 0 Å². The first-order chi connectivity index (χ1) is 9.81. The van der Waals surface area contributed by atoms with Crippen LogP contribution in [0.5, 0.6) is 0 Å². The topological polar surface area (TPSA) is 44.3 Å². The Kier molecular flexibility index (Phi) is 7.05. The first kappa shape index (κ1) is 17.9. The zero-order valence-electron chi connectivity index (χ0n) is 14.5. The minimum Gasteiger partial charge on any atom is -0.340 e. The van der Waals surface area contributed by atoms with Gasteiger partial charge in [0, 0.05) is 49.7 Å². The number of likely N-dealkylation sites (N-methyl/N-ethyl adjacent to an activating group) is 1. The molecule has 0 aliphatic rings. The smallest absolute Gasteiger partial charge is 0.225 e. The van der Waals surface area contributed by atoms with Crippen LogP contribution in [0.2, 0.25) is 0 Å². The fraction of sp³-hybridized carbons (Fsp3) is 0.750. The molecule has 21 heavy (non-hydrogen) atoms. The second-order valence-corrected chi connectivity index (χ2v) is 6.79. The fourth-order valence-electron chi connectivity index (χ4n) is 1.87. The largest absolute Gasteiger partial charge is 0.340 e. The third kappa shape index (κ3) is 7.39. The standard InChI is InChI=1S/C16H31N5/c1-7-8-21(10-9-20(5)6)15-17-11-14(12-18-15)13-19-16(2,3)4/h11-12,19H,7-10,13H2,1-6H3. The predicted octanol–water partition coefficient (Wildman–Crippen LogP) is 2.14. The molecule has 0 atom stereocenters. The number of hydrogen-bond donors (Lipinski definition) is 1. The summed E-state index contributed by atoms with van der Waals surface area (Å²) < 4.78 is 0. The maximum absolute atomic E-state index is 4.53. The van der Waals surface area contributed by atoms with Gasteiger partial charge in [-0.2, -0.15) is 0 Å². The van der Waals surface area contributed by atoms with Crippen molar-refractivity contribution in [2.24, 2.45) is 0 Å². The molecular formula is C16H31N5. The summed E-state index contributed by atoms with van der Waals surface area (Å²) in [5.41, 5.74) is 1.23. The molecule has 0 saturated heterocycles. The fourth-order valence-corrected chi connectivity index (χ4v) is 1.87. The van der Waals surface area contributed by atoms with E-state index in [1.54, 1.807) is 0 Å². The third-order valence-electron chi connectivity index (χ3n) is 3.11. The second kappa shape index (κ2) is 8.29. The molecule has 1 heterocycles. The van der Waals surface area contributed by atoms with Gasteiger partial charge in [-0.3, -0.25) is 0 Å². The zero-order valence-corrected chi connectivity index (χ0v) is 14.5. The average Bonchev–Trinajstić information content (AvgIpc) is 2.41. The van der Waals surface area contributed by atoms with Crippen molar-refractivity contribution in [3.05, 3.63) is 18.0 Å². The summed E-state index contributed by atoms with van der Waals surface area (Å²) in [6.45, 7) is 12.4. The highest BCUT2D eigenvalue weighted by Gasteiger charge is 2.11. The molecule has 0 aliphatic carbocycles. The second-order valence-electron chi connectivity index (χ2n) is 6.79. The van der Waals surface area contributed by atoms with Gasteiger partial charge in [-0.25, -0.2) is 9.97 Å². The molecule has 0 radical (unpaired) electrons. The van der Waals surface area contributed by atoms with Crippen molar-refractivity contribution in [2.45, 2.75) is 46.2 Å². The van der Waals surface area contributed by atoms with E-state index in [4.69, 9.17) is 0 Å². The highest BCUT2D eigenvalue weighted by molar-refractivity contribution is 5.29. The Labute approximate surface area is 129 Å². The van der Waals surface area contributed by atoms with Crippen molar-refractivity contribution >= 4 is 5.95 Å². The maximum atomic E-state index is 4.53. The average molecular weight is 293 g/mol. The van der Waals surface area contributed by atoms with Crippen LogP contribution in [0.15, 0.2) is 12.4 Å². The summed E-state index contributed by atoms with van der Waals surface area (Å²) in [7, 11) is 4.18. The van der Waals surface area contributed by atoms with E-state index in [9.17, 15) is 0 Å². The Hall–Kier alpha value is -1.20. The van der Waals surface area contributed by atoms with Crippen LogP contribution in [0.3, 0.4) is 0 Å². The molecule has 0 saturated carbocycles. The van der Waals surface area contributed by atoms with E-state index in [0.29, 0.717) is 0 Å². The highest BCUT2D eigenvalue weighted by atomic mass is 15.3. The van der Waals surface area contributed by atoms with Gasteiger partial charge < -0.3 is 15.1 Å². The summed E-state index contributed by atoms with van der Waals surface area (Å²) in [6, 6.07) is 0. The minimum absolute atomic E-state index is 0.110. The molecule has 0 fully saturated rings. The Balaban J connectivity index is 2.64. The van der Waals surface area contributed by atoms with Crippen LogP contribution >= 0.6 is 0 Å². The van der Waals surface area contributed by atoms with Crippen LogP contribution in [0, 0.1) is 0 Å². The van der Waals surface area contributed by atoms with E-state index in [1.165, 1.54) is 0 Å². The van der Waals surface area contributed by atoms with Crippen LogP contribution in [-0.4, -0.2) is 54.1 Å². The number of hydrogen-bond acceptors (Lipinski definition) is 5. The molecule has 1 rings (SSSR count). The molecular weight excluding hydrogens is 262 g/mol. The first-order valence-electron chi connectivity index (χ1n) is 7.77. The molecule has 1 aromatic rings. The van der Waals surface area contributed by atoms with Gasteiger partial charge in [0.2, 0.25) is 5.95 Å². The molecule has 0 bridgehead atoms. The van der Waals surface area contributed by atoms with E-state index in [1.807, 2.05) is 12.4 Å². The molecule has 0 aliphatic heterocycles. The van der Waals surface area contributed by atoms with Crippen LogP contribution in [0.1, 0.15) is 39.7 Å². The predicted molar refractivity (Wildman–Crippen MR) is 89.7 cm³/mol. The SMILES string of the molecule is CCCN(CCN(C)C)c1ncc(CNC(C)(C)C)cn1. The third-order valence-corrected chi connectivity index (χ3v) is 3.11. The van der Waals surface area contributed by atoms with Gasteiger partial charge in [0.25, 0.3) is 0 Å². The zero-order chi connectivity index (χ0) is 15.9. The molecule has 0 aromatic carbocycles. The summed E-state index contributed by atoms with van der Waals surface area (Å²) in [6.07, 6.45) is 4.96. The van der Waals surface area contributed by atoms with E-state index < -0.39 is 0 Å². The number of anilines is 1. The lowest BCUT2D eigenvalue weighted by Gasteiger charge is -2.24. The lowest BCUT2D eigenvalue weighted by atomic mass is 10.1. The van der Waals surface area contributed by atoms with E-state index >= 15 is 0 Å². The van der Waals surface area contributed by atoms with Crippen LogP contribution < -0.4 is 10.2 Å². The van der Waals surface area contributed by atoms with Gasteiger partial charge in [0.05, 0.1) is 0 Å². The van der Waals surface area contributed by atoms with Crippen molar-refractivity contribution in [3.8, 4) is 0 Å².